The van der Waals surface area contributed by atoms with Gasteiger partial charge >= 0.3 is 0 Å². The average molecular weight is 243 g/mol. The fraction of sp³-hybridized carbons (Fsp3) is 0.333. The maximum absolute atomic E-state index is 2.29. The molecule has 1 aromatic rings. The third-order valence-electron chi connectivity index (χ3n) is 3.05. The minimum atomic E-state index is 0.930. The molecule has 0 amide bonds. The van der Waals surface area contributed by atoms with Gasteiger partial charge in [0.25, 0.3) is 0 Å². The van der Waals surface area contributed by atoms with Crippen molar-refractivity contribution in [3.8, 4) is 0 Å². The number of benzene rings is 1. The van der Waals surface area contributed by atoms with Gasteiger partial charge in [0, 0.05) is 25.5 Å². The van der Waals surface area contributed by atoms with Crippen LogP contribution in [0.3, 0.4) is 0 Å². The molecule has 18 heavy (non-hydrogen) atoms. The topological polar surface area (TPSA) is 9.72 Å². The van der Waals surface area contributed by atoms with Crippen LogP contribution in [0.15, 0.2) is 48.8 Å². The second kappa shape index (κ2) is 6.26. The van der Waals surface area contributed by atoms with Crippen LogP contribution in [0.4, 0.5) is 0 Å². The van der Waals surface area contributed by atoms with Gasteiger partial charge in [0.05, 0.1) is 6.54 Å². The summed E-state index contributed by atoms with van der Waals surface area (Å²) in [6, 6.07) is 10.4. The van der Waals surface area contributed by atoms with Crippen molar-refractivity contribution < 1.29 is 0 Å². The Morgan fingerprint density at radius 1 is 1.17 bits per heavy atom. The number of nitrogens with zero attached hydrogens (tertiary/aromatic N) is 3. The van der Waals surface area contributed by atoms with Crippen LogP contribution in [0, 0.1) is 0 Å². The van der Waals surface area contributed by atoms with Gasteiger partial charge in [0.2, 0.25) is 0 Å². The van der Waals surface area contributed by atoms with E-state index in [1.807, 2.05) is 6.07 Å². The Labute approximate surface area is 110 Å². The molecule has 0 aliphatic carbocycles. The summed E-state index contributed by atoms with van der Waals surface area (Å²) in [6.07, 6.45) is 8.58. The van der Waals surface area contributed by atoms with Gasteiger partial charge in [0.1, 0.15) is 0 Å². The molecular weight excluding hydrogens is 222 g/mol. The van der Waals surface area contributed by atoms with Crippen molar-refractivity contribution in [3.05, 3.63) is 54.4 Å². The maximum Gasteiger partial charge on any atom is 0.0603 e. The first kappa shape index (κ1) is 12.7. The van der Waals surface area contributed by atoms with Crippen LogP contribution >= 0.6 is 0 Å². The van der Waals surface area contributed by atoms with Gasteiger partial charge < -0.3 is 0 Å². The second-order valence-corrected chi connectivity index (χ2v) is 4.19. The summed E-state index contributed by atoms with van der Waals surface area (Å²) in [5.41, 5.74) is 1.23. The number of hydrazine groups is 2. The molecule has 1 aliphatic heterocycles. The van der Waals surface area contributed by atoms with Crippen LogP contribution in [0.5, 0.6) is 0 Å². The Hall–Kier alpha value is -1.74. The van der Waals surface area contributed by atoms with E-state index >= 15 is 0 Å². The van der Waals surface area contributed by atoms with Gasteiger partial charge in [-0.25, -0.2) is 10.1 Å². The van der Waals surface area contributed by atoms with Gasteiger partial charge in [-0.15, -0.1) is 0 Å². The van der Waals surface area contributed by atoms with E-state index in [1.54, 1.807) is 0 Å². The molecule has 96 valence electrons. The zero-order valence-corrected chi connectivity index (χ0v) is 11.2. The predicted molar refractivity (Wildman–Crippen MR) is 76.1 cm³/mol. The molecule has 0 N–H and O–H groups in total. The molecule has 3 heteroatoms. The molecule has 1 heterocycles. The number of hydrogen-bond donors (Lipinski definition) is 0. The van der Waals surface area contributed by atoms with E-state index in [-0.39, 0.29) is 0 Å². The van der Waals surface area contributed by atoms with Crippen molar-refractivity contribution in [1.82, 2.24) is 15.1 Å². The summed E-state index contributed by atoms with van der Waals surface area (Å²) in [6.45, 7) is 7.30. The van der Waals surface area contributed by atoms with Crippen molar-refractivity contribution in [3.63, 3.8) is 0 Å². The molecule has 0 saturated carbocycles. The third kappa shape index (κ3) is 2.93. The quantitative estimate of drug-likeness (QED) is 0.787. The first-order valence-corrected chi connectivity index (χ1v) is 6.55. The summed E-state index contributed by atoms with van der Waals surface area (Å²) in [5.74, 6) is 0. The molecular formula is C15H21N3. The van der Waals surface area contributed by atoms with Gasteiger partial charge in [0.15, 0.2) is 0 Å². The largest absolute Gasteiger partial charge is 0.275 e. The summed E-state index contributed by atoms with van der Waals surface area (Å²) < 4.78 is 0. The van der Waals surface area contributed by atoms with Crippen molar-refractivity contribution in [2.45, 2.75) is 13.8 Å². The van der Waals surface area contributed by atoms with Crippen molar-refractivity contribution in [1.29, 1.82) is 0 Å². The lowest BCUT2D eigenvalue weighted by Crippen LogP contribution is -2.45. The lowest BCUT2D eigenvalue weighted by molar-refractivity contribution is -0.0966. The minimum Gasteiger partial charge on any atom is -0.275 e. The van der Waals surface area contributed by atoms with Crippen LogP contribution in [-0.2, 0) is 0 Å². The van der Waals surface area contributed by atoms with Crippen LogP contribution in [0.25, 0.3) is 6.08 Å². The van der Waals surface area contributed by atoms with E-state index in [2.05, 4.69) is 77.8 Å². The molecule has 0 fully saturated rings. The van der Waals surface area contributed by atoms with E-state index < -0.39 is 0 Å². The lowest BCUT2D eigenvalue weighted by Gasteiger charge is -2.36. The van der Waals surface area contributed by atoms with Crippen molar-refractivity contribution in [2.24, 2.45) is 0 Å². The van der Waals surface area contributed by atoms with E-state index in [9.17, 15) is 0 Å². The van der Waals surface area contributed by atoms with E-state index in [4.69, 9.17) is 0 Å². The monoisotopic (exact) mass is 243 g/mol. The molecule has 3 nitrogen and oxygen atoms in total. The highest BCUT2D eigenvalue weighted by molar-refractivity contribution is 5.48. The van der Waals surface area contributed by atoms with Gasteiger partial charge in [-0.05, 0) is 17.7 Å². The Kier molecular flexibility index (Phi) is 4.42. The summed E-state index contributed by atoms with van der Waals surface area (Å²) in [4.78, 5) is 0. The molecule has 0 atom stereocenters. The third-order valence-corrected chi connectivity index (χ3v) is 3.05. The maximum atomic E-state index is 2.29. The first-order valence-electron chi connectivity index (χ1n) is 6.55. The molecule has 2 rings (SSSR count). The second-order valence-electron chi connectivity index (χ2n) is 4.19. The molecule has 0 spiro atoms. The van der Waals surface area contributed by atoms with Gasteiger partial charge in [-0.3, -0.25) is 5.01 Å². The Morgan fingerprint density at radius 2 is 1.89 bits per heavy atom. The molecule has 0 unspecified atom stereocenters. The van der Waals surface area contributed by atoms with Crippen LogP contribution in [0.1, 0.15) is 19.4 Å². The molecule has 0 aromatic heterocycles. The standard InChI is InChI=1S/C15H21N3/c1-3-16(4-2)18-13-8-12-17(18)14-11-15-9-6-5-7-10-15/h5-11,13-14H,3-4,12H2,1-2H3. The first-order chi connectivity index (χ1) is 8.85. The highest BCUT2D eigenvalue weighted by Crippen LogP contribution is 2.13. The molecule has 1 aromatic carbocycles. The zero-order chi connectivity index (χ0) is 12.8. The highest BCUT2D eigenvalue weighted by Gasteiger charge is 2.17. The van der Waals surface area contributed by atoms with Crippen molar-refractivity contribution >= 4 is 6.08 Å². The molecule has 1 aliphatic rings. The molecule has 0 bridgehead atoms. The van der Waals surface area contributed by atoms with E-state index in [1.165, 1.54) is 5.56 Å². The highest BCUT2D eigenvalue weighted by atomic mass is 15.9. The minimum absolute atomic E-state index is 0.930. The number of rotatable bonds is 5. The Bertz CT molecular complexity index is 407. The number of hydrogen-bond acceptors (Lipinski definition) is 3. The SMILES string of the molecule is CCN(CC)N1C=CCN1C=Cc1ccccc1. The lowest BCUT2D eigenvalue weighted by atomic mass is 10.2. The summed E-state index contributed by atoms with van der Waals surface area (Å²) >= 11 is 0. The van der Waals surface area contributed by atoms with Gasteiger partial charge in [-0.2, -0.15) is 0 Å². The van der Waals surface area contributed by atoms with E-state index in [0.29, 0.717) is 0 Å². The predicted octanol–water partition coefficient (Wildman–Crippen LogP) is 2.96. The zero-order valence-electron chi connectivity index (χ0n) is 11.2. The summed E-state index contributed by atoms with van der Waals surface area (Å²) in [7, 11) is 0. The van der Waals surface area contributed by atoms with Gasteiger partial charge in [-0.1, -0.05) is 44.2 Å². The summed E-state index contributed by atoms with van der Waals surface area (Å²) in [5, 5.41) is 6.68. The normalized spacial score (nSPS) is 15.3. The van der Waals surface area contributed by atoms with E-state index in [0.717, 1.165) is 19.6 Å². The fourth-order valence-corrected chi connectivity index (χ4v) is 2.05. The van der Waals surface area contributed by atoms with Crippen LogP contribution in [-0.4, -0.2) is 34.8 Å². The Morgan fingerprint density at radius 3 is 2.56 bits per heavy atom. The molecule has 0 saturated heterocycles. The smallest absolute Gasteiger partial charge is 0.0603 e. The molecule has 0 radical (unpaired) electrons. The Balaban J connectivity index is 2.03. The fourth-order valence-electron chi connectivity index (χ4n) is 2.05. The van der Waals surface area contributed by atoms with Crippen molar-refractivity contribution in [2.75, 3.05) is 19.6 Å². The van der Waals surface area contributed by atoms with Crippen LogP contribution < -0.4 is 0 Å². The average Bonchev–Trinajstić information content (AvgIpc) is 2.88. The van der Waals surface area contributed by atoms with Crippen LogP contribution in [0.2, 0.25) is 0 Å².